The molecule has 0 spiro atoms. The second-order valence-electron chi connectivity index (χ2n) is 9.06. The molecule has 1 amide bonds. The molecule has 3 atom stereocenters. The lowest BCUT2D eigenvalue weighted by Crippen LogP contribution is -2.58. The quantitative estimate of drug-likeness (QED) is 0.466. The molecule has 0 bridgehead atoms. The van der Waals surface area contributed by atoms with Crippen molar-refractivity contribution in [2.45, 2.75) is 30.9 Å². The van der Waals surface area contributed by atoms with E-state index in [9.17, 15) is 14.4 Å². The molecule has 3 unspecified atom stereocenters. The van der Waals surface area contributed by atoms with E-state index in [1.54, 1.807) is 0 Å². The van der Waals surface area contributed by atoms with Crippen LogP contribution in [-0.2, 0) is 35.0 Å². The van der Waals surface area contributed by atoms with Crippen LogP contribution in [0.3, 0.4) is 0 Å². The lowest BCUT2D eigenvalue weighted by molar-refractivity contribution is -0.230. The maximum absolute atomic E-state index is 13.6. The van der Waals surface area contributed by atoms with Crippen LogP contribution in [0.15, 0.2) is 71.2 Å². The Morgan fingerprint density at radius 3 is 2.38 bits per heavy atom. The van der Waals surface area contributed by atoms with Crippen LogP contribution in [0.5, 0.6) is 0 Å². The van der Waals surface area contributed by atoms with Crippen molar-refractivity contribution in [3.8, 4) is 0 Å². The van der Waals surface area contributed by atoms with Gasteiger partial charge in [0.05, 0.1) is 19.3 Å². The zero-order chi connectivity index (χ0) is 25.8. The third-order valence-corrected chi connectivity index (χ3v) is 7.53. The zero-order valence-electron chi connectivity index (χ0n) is 20.1. The molecule has 194 valence electrons. The molecule has 0 aromatic heterocycles. The molecular formula is C27H27BrN2O7. The predicted molar refractivity (Wildman–Crippen MR) is 135 cm³/mol. The second-order valence-corrected chi connectivity index (χ2v) is 9.91. The Labute approximate surface area is 223 Å². The summed E-state index contributed by atoms with van der Waals surface area (Å²) in [5.74, 6) is -1.56. The number of amides is 1. The van der Waals surface area contributed by atoms with Gasteiger partial charge < -0.3 is 18.9 Å². The molecule has 10 heteroatoms. The van der Waals surface area contributed by atoms with Gasteiger partial charge in [0.1, 0.15) is 0 Å². The number of esters is 2. The Balaban J connectivity index is 1.59. The van der Waals surface area contributed by atoms with Gasteiger partial charge in [-0.2, -0.15) is 0 Å². The maximum Gasteiger partial charge on any atom is 0.416 e. The molecule has 0 saturated carbocycles. The molecule has 3 heterocycles. The molecule has 3 aliphatic rings. The summed E-state index contributed by atoms with van der Waals surface area (Å²) < 4.78 is 23.4. The summed E-state index contributed by atoms with van der Waals surface area (Å²) in [5.41, 5.74) is -0.131. The summed E-state index contributed by atoms with van der Waals surface area (Å²) in [4.78, 5) is 42.6. The number of hydrogen-bond donors (Lipinski definition) is 0. The van der Waals surface area contributed by atoms with Crippen LogP contribution in [-0.4, -0.2) is 72.7 Å². The maximum atomic E-state index is 13.6. The van der Waals surface area contributed by atoms with E-state index < -0.39 is 36.1 Å². The van der Waals surface area contributed by atoms with E-state index in [2.05, 4.69) is 20.8 Å². The van der Waals surface area contributed by atoms with Crippen molar-refractivity contribution in [3.05, 3.63) is 82.3 Å². The second kappa shape index (κ2) is 11.0. The average molecular weight is 571 g/mol. The first-order valence-corrected chi connectivity index (χ1v) is 13.0. The lowest BCUT2D eigenvalue weighted by atomic mass is 9.94. The highest BCUT2D eigenvalue weighted by Crippen LogP contribution is 2.44. The van der Waals surface area contributed by atoms with Gasteiger partial charge in [-0.15, -0.1) is 0 Å². The minimum absolute atomic E-state index is 0.0403. The van der Waals surface area contributed by atoms with Gasteiger partial charge >= 0.3 is 24.3 Å². The first kappa shape index (κ1) is 25.4. The molecule has 2 aromatic carbocycles. The third-order valence-electron chi connectivity index (χ3n) is 6.76. The molecule has 2 aromatic rings. The molecule has 0 N–H and O–H groups in total. The fourth-order valence-corrected chi connectivity index (χ4v) is 5.40. The zero-order valence-corrected chi connectivity index (χ0v) is 21.7. The fraction of sp³-hybridized carbons (Fsp3) is 0.370. The van der Waals surface area contributed by atoms with Crippen molar-refractivity contribution in [2.24, 2.45) is 0 Å². The van der Waals surface area contributed by atoms with Crippen molar-refractivity contribution in [1.82, 2.24) is 9.80 Å². The number of nitrogens with zero attached hydrogens (tertiary/aromatic N) is 2. The summed E-state index contributed by atoms with van der Waals surface area (Å²) in [6.45, 7) is 3.55. The van der Waals surface area contributed by atoms with Crippen molar-refractivity contribution in [3.63, 3.8) is 0 Å². The average Bonchev–Trinajstić information content (AvgIpc) is 3.14. The number of fused-ring (bicyclic) bond motifs is 1. The Kier molecular flexibility index (Phi) is 7.59. The summed E-state index contributed by atoms with van der Waals surface area (Å²) in [7, 11) is 0. The number of morpholine rings is 1. The van der Waals surface area contributed by atoms with Gasteiger partial charge in [0.25, 0.3) is 5.72 Å². The molecule has 9 nitrogen and oxygen atoms in total. The van der Waals surface area contributed by atoms with Gasteiger partial charge in [0.15, 0.2) is 0 Å². The minimum Gasteiger partial charge on any atom is -0.427 e. The molecule has 2 saturated heterocycles. The van der Waals surface area contributed by atoms with Crippen LogP contribution in [0.25, 0.3) is 0 Å². The molecule has 0 aliphatic carbocycles. The topological polar surface area (TPSA) is 94.6 Å². The van der Waals surface area contributed by atoms with Crippen LogP contribution >= 0.6 is 15.9 Å². The van der Waals surface area contributed by atoms with Gasteiger partial charge in [-0.05, 0) is 23.6 Å². The highest BCUT2D eigenvalue weighted by atomic mass is 79.9. The first-order valence-electron chi connectivity index (χ1n) is 12.2. The van der Waals surface area contributed by atoms with Crippen LogP contribution in [0.1, 0.15) is 23.6 Å². The van der Waals surface area contributed by atoms with Gasteiger partial charge in [0, 0.05) is 42.7 Å². The molecule has 37 heavy (non-hydrogen) atoms. The van der Waals surface area contributed by atoms with E-state index in [-0.39, 0.29) is 6.42 Å². The first-order chi connectivity index (χ1) is 18.0. The van der Waals surface area contributed by atoms with E-state index in [1.165, 1.54) is 4.90 Å². The molecular weight excluding hydrogens is 544 g/mol. The van der Waals surface area contributed by atoms with Gasteiger partial charge in [-0.1, -0.05) is 64.5 Å². The number of halogens is 1. The van der Waals surface area contributed by atoms with Crippen LogP contribution in [0.4, 0.5) is 4.79 Å². The van der Waals surface area contributed by atoms with Crippen molar-refractivity contribution < 1.29 is 33.3 Å². The molecule has 0 radical (unpaired) electrons. The predicted octanol–water partition coefficient (Wildman–Crippen LogP) is 3.59. The smallest absolute Gasteiger partial charge is 0.416 e. The third kappa shape index (κ3) is 5.41. The number of carbonyl (C=O) groups is 3. The standard InChI is InChI=1S/C27H27BrN2O7/c28-21-9-5-4-8-20(21)18-27-25(35-23(31)10-11-24(32)37-27)36-26(33)30(27)22(19-6-2-1-3-7-19)12-13-29-14-16-34-17-15-29/h1-11,22,25H,12-18H2/b11-10+. The van der Waals surface area contributed by atoms with E-state index in [0.717, 1.165) is 40.8 Å². The number of carbonyl (C=O) groups excluding carboxylic acids is 3. The van der Waals surface area contributed by atoms with Crippen molar-refractivity contribution in [2.75, 3.05) is 32.8 Å². The summed E-state index contributed by atoms with van der Waals surface area (Å²) in [6, 6.07) is 16.4. The normalized spacial score (nSPS) is 25.8. The molecule has 3 aliphatic heterocycles. The number of rotatable bonds is 7. The van der Waals surface area contributed by atoms with E-state index in [4.69, 9.17) is 18.9 Å². The largest absolute Gasteiger partial charge is 0.427 e. The molecule has 2 fully saturated rings. The van der Waals surface area contributed by atoms with Crippen LogP contribution < -0.4 is 0 Å². The Morgan fingerprint density at radius 2 is 1.62 bits per heavy atom. The summed E-state index contributed by atoms with van der Waals surface area (Å²) in [6.07, 6.45) is 0.364. The van der Waals surface area contributed by atoms with Crippen molar-refractivity contribution >= 4 is 34.0 Å². The highest BCUT2D eigenvalue weighted by Gasteiger charge is 2.63. The Morgan fingerprint density at radius 1 is 0.919 bits per heavy atom. The van der Waals surface area contributed by atoms with Gasteiger partial charge in [-0.3, -0.25) is 9.80 Å². The van der Waals surface area contributed by atoms with Crippen molar-refractivity contribution in [1.29, 1.82) is 0 Å². The summed E-state index contributed by atoms with van der Waals surface area (Å²) in [5, 5.41) is 0. The monoisotopic (exact) mass is 570 g/mol. The lowest BCUT2D eigenvalue weighted by Gasteiger charge is -2.42. The van der Waals surface area contributed by atoms with Gasteiger partial charge in [-0.25, -0.2) is 14.4 Å². The van der Waals surface area contributed by atoms with Crippen LogP contribution in [0.2, 0.25) is 0 Å². The molecule has 5 rings (SSSR count). The fourth-order valence-electron chi connectivity index (χ4n) is 4.97. The van der Waals surface area contributed by atoms with E-state index in [1.807, 2.05) is 54.6 Å². The van der Waals surface area contributed by atoms with E-state index >= 15 is 0 Å². The number of ether oxygens (including phenoxy) is 4. The minimum atomic E-state index is -1.73. The van der Waals surface area contributed by atoms with Crippen LogP contribution in [0, 0.1) is 0 Å². The Bertz CT molecular complexity index is 1180. The van der Waals surface area contributed by atoms with E-state index in [0.29, 0.717) is 26.2 Å². The Hall–Kier alpha value is -3.21. The number of hydrogen-bond acceptors (Lipinski definition) is 8. The van der Waals surface area contributed by atoms with Gasteiger partial charge in [0.2, 0.25) is 0 Å². The summed E-state index contributed by atoms with van der Waals surface area (Å²) >= 11 is 3.55. The SMILES string of the molecule is O=C1/C=C/C(=O)OC2(Cc3ccccc3Br)C(O1)OC(=O)N2C(CCN1CCOCC1)c1ccccc1. The highest BCUT2D eigenvalue weighted by molar-refractivity contribution is 9.10. The number of benzene rings is 2.